The van der Waals surface area contributed by atoms with Crippen LogP contribution in [0.3, 0.4) is 0 Å². The fourth-order valence-corrected chi connectivity index (χ4v) is 3.22. The molecule has 1 nitrogen and oxygen atoms in total. The highest BCUT2D eigenvalue weighted by atomic mass is 32.1. The normalized spacial score (nSPS) is 17.3. The molecule has 2 aromatic rings. The molecule has 0 fully saturated rings. The van der Waals surface area contributed by atoms with Gasteiger partial charge in [-0.05, 0) is 52.3 Å². The zero-order valence-corrected chi connectivity index (χ0v) is 9.78. The van der Waals surface area contributed by atoms with Gasteiger partial charge < -0.3 is 5.11 Å². The first kappa shape index (κ1) is 10.1. The minimum Gasteiger partial charge on any atom is -0.388 e. The average molecular weight is 230 g/mol. The van der Waals surface area contributed by atoms with Gasteiger partial charge in [0.2, 0.25) is 0 Å². The van der Waals surface area contributed by atoms with Crippen LogP contribution in [-0.4, -0.2) is 5.11 Å². The van der Waals surface area contributed by atoms with Crippen LogP contribution in [0, 0.1) is 5.92 Å². The Labute approximate surface area is 99.4 Å². The van der Waals surface area contributed by atoms with E-state index in [-0.39, 0.29) is 6.10 Å². The number of rotatable bonds is 2. The van der Waals surface area contributed by atoms with Crippen molar-refractivity contribution in [3.63, 3.8) is 0 Å². The Morgan fingerprint density at radius 1 is 1.12 bits per heavy atom. The molecular formula is C14H14OS. The molecule has 1 heterocycles. The highest BCUT2D eigenvalue weighted by molar-refractivity contribution is 7.07. The second-order valence-corrected chi connectivity index (χ2v) is 5.22. The Morgan fingerprint density at radius 3 is 2.38 bits per heavy atom. The maximum absolute atomic E-state index is 10.3. The van der Waals surface area contributed by atoms with E-state index in [1.54, 1.807) is 11.3 Å². The van der Waals surface area contributed by atoms with Gasteiger partial charge in [0.05, 0.1) is 6.10 Å². The first-order chi connectivity index (χ1) is 7.84. The quantitative estimate of drug-likeness (QED) is 0.840. The molecule has 1 aliphatic rings. The number of benzene rings is 1. The smallest absolute Gasteiger partial charge is 0.0832 e. The highest BCUT2D eigenvalue weighted by Gasteiger charge is 2.28. The lowest BCUT2D eigenvalue weighted by Crippen LogP contribution is -2.11. The SMILES string of the molecule is OC(c1ccsc1)C1Cc2ccccc2C1. The predicted molar refractivity (Wildman–Crippen MR) is 66.6 cm³/mol. The van der Waals surface area contributed by atoms with Gasteiger partial charge in [-0.25, -0.2) is 0 Å². The summed E-state index contributed by atoms with van der Waals surface area (Å²) in [6.45, 7) is 0. The molecule has 0 spiro atoms. The molecule has 0 saturated heterocycles. The maximum atomic E-state index is 10.3. The van der Waals surface area contributed by atoms with Crippen LogP contribution in [-0.2, 0) is 12.8 Å². The van der Waals surface area contributed by atoms with Gasteiger partial charge in [-0.1, -0.05) is 24.3 Å². The molecule has 0 amide bonds. The zero-order valence-electron chi connectivity index (χ0n) is 8.97. The van der Waals surface area contributed by atoms with Crippen LogP contribution in [0.1, 0.15) is 22.8 Å². The number of hydrogen-bond acceptors (Lipinski definition) is 2. The molecule has 16 heavy (non-hydrogen) atoms. The summed E-state index contributed by atoms with van der Waals surface area (Å²) in [5, 5.41) is 14.4. The van der Waals surface area contributed by atoms with E-state index in [9.17, 15) is 5.11 Å². The lowest BCUT2D eigenvalue weighted by molar-refractivity contribution is 0.114. The van der Waals surface area contributed by atoms with E-state index in [4.69, 9.17) is 0 Å². The summed E-state index contributed by atoms with van der Waals surface area (Å²) in [5.41, 5.74) is 3.88. The van der Waals surface area contributed by atoms with E-state index in [0.717, 1.165) is 18.4 Å². The standard InChI is InChI=1S/C14H14OS/c15-14(12-5-6-16-9-12)13-7-10-3-1-2-4-11(10)8-13/h1-6,9,13-15H,7-8H2. The molecule has 1 N–H and O–H groups in total. The van der Waals surface area contributed by atoms with Gasteiger partial charge >= 0.3 is 0 Å². The summed E-state index contributed by atoms with van der Waals surface area (Å²) in [6, 6.07) is 10.5. The van der Waals surface area contributed by atoms with Crippen LogP contribution >= 0.6 is 11.3 Å². The monoisotopic (exact) mass is 230 g/mol. The van der Waals surface area contributed by atoms with Gasteiger partial charge in [-0.3, -0.25) is 0 Å². The van der Waals surface area contributed by atoms with Crippen molar-refractivity contribution in [3.05, 3.63) is 57.8 Å². The van der Waals surface area contributed by atoms with Crippen molar-refractivity contribution >= 4 is 11.3 Å². The molecule has 0 radical (unpaired) electrons. The van der Waals surface area contributed by atoms with Gasteiger partial charge in [0, 0.05) is 0 Å². The topological polar surface area (TPSA) is 20.2 Å². The molecule has 0 bridgehead atoms. The third-order valence-electron chi connectivity index (χ3n) is 3.41. The number of fused-ring (bicyclic) bond motifs is 1. The van der Waals surface area contributed by atoms with Crippen LogP contribution in [0.15, 0.2) is 41.1 Å². The average Bonchev–Trinajstić information content (AvgIpc) is 2.97. The van der Waals surface area contributed by atoms with E-state index in [0.29, 0.717) is 5.92 Å². The Hall–Kier alpha value is -1.12. The molecule has 0 aliphatic heterocycles. The van der Waals surface area contributed by atoms with Crippen molar-refractivity contribution < 1.29 is 5.11 Å². The summed E-state index contributed by atoms with van der Waals surface area (Å²) >= 11 is 1.65. The first-order valence-electron chi connectivity index (χ1n) is 5.61. The van der Waals surface area contributed by atoms with Gasteiger partial charge in [-0.15, -0.1) is 0 Å². The molecule has 0 saturated carbocycles. The maximum Gasteiger partial charge on any atom is 0.0832 e. The Kier molecular flexibility index (Phi) is 2.54. The number of hydrogen-bond donors (Lipinski definition) is 1. The molecular weight excluding hydrogens is 216 g/mol. The van der Waals surface area contributed by atoms with Crippen molar-refractivity contribution in [3.8, 4) is 0 Å². The molecule has 82 valence electrons. The molecule has 1 aromatic heterocycles. The van der Waals surface area contributed by atoms with Crippen LogP contribution in [0.2, 0.25) is 0 Å². The zero-order chi connectivity index (χ0) is 11.0. The fraction of sp³-hybridized carbons (Fsp3) is 0.286. The Morgan fingerprint density at radius 2 is 1.81 bits per heavy atom. The lowest BCUT2D eigenvalue weighted by atomic mass is 9.95. The van der Waals surface area contributed by atoms with E-state index >= 15 is 0 Å². The van der Waals surface area contributed by atoms with Gasteiger partial charge in [0.1, 0.15) is 0 Å². The third-order valence-corrected chi connectivity index (χ3v) is 4.12. The molecule has 1 unspecified atom stereocenters. The number of aliphatic hydroxyl groups excluding tert-OH is 1. The van der Waals surface area contributed by atoms with Crippen molar-refractivity contribution in [2.75, 3.05) is 0 Å². The van der Waals surface area contributed by atoms with E-state index in [1.807, 2.05) is 16.8 Å². The number of aliphatic hydroxyl groups is 1. The minimum absolute atomic E-state index is 0.307. The molecule has 1 aromatic carbocycles. The second kappa shape index (κ2) is 4.04. The van der Waals surface area contributed by atoms with Crippen LogP contribution in [0.5, 0.6) is 0 Å². The van der Waals surface area contributed by atoms with E-state index in [2.05, 4.69) is 24.3 Å². The Bertz CT molecular complexity index is 450. The second-order valence-electron chi connectivity index (χ2n) is 4.44. The van der Waals surface area contributed by atoms with Gasteiger partial charge in [0.15, 0.2) is 0 Å². The summed E-state index contributed by atoms with van der Waals surface area (Å²) in [6.07, 6.45) is 1.71. The van der Waals surface area contributed by atoms with Crippen molar-refractivity contribution in [1.82, 2.24) is 0 Å². The Balaban J connectivity index is 1.81. The van der Waals surface area contributed by atoms with Crippen LogP contribution < -0.4 is 0 Å². The molecule has 1 aliphatic carbocycles. The molecule has 3 rings (SSSR count). The minimum atomic E-state index is -0.307. The first-order valence-corrected chi connectivity index (χ1v) is 6.56. The fourth-order valence-electron chi connectivity index (χ4n) is 2.53. The third kappa shape index (κ3) is 1.68. The van der Waals surface area contributed by atoms with Gasteiger partial charge in [-0.2, -0.15) is 11.3 Å². The van der Waals surface area contributed by atoms with Crippen molar-refractivity contribution in [1.29, 1.82) is 0 Å². The van der Waals surface area contributed by atoms with Crippen LogP contribution in [0.4, 0.5) is 0 Å². The summed E-state index contributed by atoms with van der Waals surface area (Å²) in [7, 11) is 0. The summed E-state index contributed by atoms with van der Waals surface area (Å²) in [5.74, 6) is 0.354. The molecule has 1 atom stereocenters. The largest absolute Gasteiger partial charge is 0.388 e. The van der Waals surface area contributed by atoms with Crippen molar-refractivity contribution in [2.45, 2.75) is 18.9 Å². The summed E-state index contributed by atoms with van der Waals surface area (Å²) in [4.78, 5) is 0. The van der Waals surface area contributed by atoms with E-state index < -0.39 is 0 Å². The molecule has 2 heteroatoms. The number of thiophene rings is 1. The van der Waals surface area contributed by atoms with Gasteiger partial charge in [0.25, 0.3) is 0 Å². The van der Waals surface area contributed by atoms with E-state index in [1.165, 1.54) is 11.1 Å². The van der Waals surface area contributed by atoms with Crippen molar-refractivity contribution in [2.24, 2.45) is 5.92 Å². The predicted octanol–water partition coefficient (Wildman–Crippen LogP) is 3.20. The summed E-state index contributed by atoms with van der Waals surface area (Å²) < 4.78 is 0. The van der Waals surface area contributed by atoms with Crippen LogP contribution in [0.25, 0.3) is 0 Å². The lowest BCUT2D eigenvalue weighted by Gasteiger charge is -2.16. The highest BCUT2D eigenvalue weighted by Crippen LogP contribution is 2.35.